The van der Waals surface area contributed by atoms with Crippen LogP contribution in [0.5, 0.6) is 0 Å². The van der Waals surface area contributed by atoms with Gasteiger partial charge in [-0.25, -0.2) is 4.79 Å². The van der Waals surface area contributed by atoms with E-state index in [4.69, 9.17) is 10.5 Å². The molecule has 8 unspecified atom stereocenters. The van der Waals surface area contributed by atoms with Crippen LogP contribution >= 0.6 is 0 Å². The molecule has 0 aromatic carbocycles. The molecule has 7 nitrogen and oxygen atoms in total. The van der Waals surface area contributed by atoms with Crippen molar-refractivity contribution in [3.8, 4) is 0 Å². The minimum atomic E-state index is -0.431. The maximum Gasteiger partial charge on any atom is 0.317 e. The average molecular weight is 308 g/mol. The Morgan fingerprint density at radius 1 is 1.14 bits per heavy atom. The first kappa shape index (κ1) is 14.3. The molecule has 1 saturated carbocycles. The van der Waals surface area contributed by atoms with Gasteiger partial charge in [-0.3, -0.25) is 10.1 Å². The lowest BCUT2D eigenvalue weighted by Gasteiger charge is -2.56. The molecule has 0 aromatic heterocycles. The summed E-state index contributed by atoms with van der Waals surface area (Å²) >= 11 is 0. The Balaban J connectivity index is 1.71. The van der Waals surface area contributed by atoms with Gasteiger partial charge in [-0.05, 0) is 32.1 Å². The summed E-state index contributed by atoms with van der Waals surface area (Å²) in [5.74, 6) is 0.253. The summed E-state index contributed by atoms with van der Waals surface area (Å²) in [6.45, 7) is 2.00. The Morgan fingerprint density at radius 2 is 1.91 bits per heavy atom. The van der Waals surface area contributed by atoms with Gasteiger partial charge in [-0.2, -0.15) is 0 Å². The van der Waals surface area contributed by atoms with Gasteiger partial charge in [0.25, 0.3) is 0 Å². The first-order valence-electron chi connectivity index (χ1n) is 8.35. The average Bonchev–Trinajstić information content (AvgIpc) is 2.45. The van der Waals surface area contributed by atoms with Crippen molar-refractivity contribution in [3.05, 3.63) is 0 Å². The van der Waals surface area contributed by atoms with Gasteiger partial charge >= 0.3 is 12.0 Å². The minimum Gasteiger partial charge on any atom is -0.462 e. The Hall–Kier alpha value is -1.34. The first-order chi connectivity index (χ1) is 10.6. The third-order valence-corrected chi connectivity index (χ3v) is 6.01. The predicted octanol–water partition coefficient (Wildman–Crippen LogP) is -0.134. The number of hydrogen-bond acceptors (Lipinski definition) is 5. The van der Waals surface area contributed by atoms with E-state index in [0.717, 1.165) is 19.3 Å². The van der Waals surface area contributed by atoms with E-state index in [9.17, 15) is 9.59 Å². The monoisotopic (exact) mass is 308 g/mol. The van der Waals surface area contributed by atoms with Crippen molar-refractivity contribution in [2.45, 2.75) is 57.1 Å². The zero-order chi connectivity index (χ0) is 15.4. The van der Waals surface area contributed by atoms with Gasteiger partial charge in [0.1, 0.15) is 6.10 Å². The van der Waals surface area contributed by atoms with E-state index in [0.29, 0.717) is 5.92 Å². The molecule has 4 aliphatic rings. The van der Waals surface area contributed by atoms with Crippen LogP contribution in [0.2, 0.25) is 0 Å². The summed E-state index contributed by atoms with van der Waals surface area (Å²) in [7, 11) is 0. The molecule has 3 heterocycles. The van der Waals surface area contributed by atoms with E-state index in [-0.39, 0.29) is 48.1 Å². The molecule has 0 bridgehead atoms. The number of piperidine rings is 1. The van der Waals surface area contributed by atoms with Gasteiger partial charge < -0.3 is 21.1 Å². The predicted molar refractivity (Wildman–Crippen MR) is 78.3 cm³/mol. The van der Waals surface area contributed by atoms with Crippen LogP contribution in [0.4, 0.5) is 4.79 Å². The molecular formula is C15H24N4O3. The Bertz CT molecular complexity index is 499. The van der Waals surface area contributed by atoms with E-state index < -0.39 is 6.17 Å². The molecule has 0 radical (unpaired) electrons. The second kappa shape index (κ2) is 5.09. The summed E-state index contributed by atoms with van der Waals surface area (Å²) in [4.78, 5) is 24.2. The topological polar surface area (TPSA) is 105 Å². The molecule has 0 spiro atoms. The summed E-state index contributed by atoms with van der Waals surface area (Å²) in [6, 6.07) is -0.266. The van der Waals surface area contributed by atoms with Gasteiger partial charge in [0, 0.05) is 17.9 Å². The van der Waals surface area contributed by atoms with Crippen LogP contribution in [0.25, 0.3) is 0 Å². The van der Waals surface area contributed by atoms with E-state index in [1.807, 2.05) is 6.92 Å². The molecule has 1 aliphatic carbocycles. The molecule has 8 atom stereocenters. The van der Waals surface area contributed by atoms with Crippen molar-refractivity contribution in [2.75, 3.05) is 0 Å². The number of nitrogens with two attached hydrogens (primary N) is 1. The number of nitrogens with one attached hydrogen (secondary N) is 3. The molecule has 3 saturated heterocycles. The van der Waals surface area contributed by atoms with Crippen molar-refractivity contribution in [1.29, 1.82) is 0 Å². The maximum atomic E-state index is 12.5. The van der Waals surface area contributed by atoms with Crippen molar-refractivity contribution >= 4 is 12.0 Å². The molecule has 4 fully saturated rings. The van der Waals surface area contributed by atoms with E-state index in [1.165, 1.54) is 6.42 Å². The van der Waals surface area contributed by atoms with Crippen LogP contribution < -0.4 is 21.7 Å². The van der Waals surface area contributed by atoms with Crippen molar-refractivity contribution in [1.82, 2.24) is 16.0 Å². The summed E-state index contributed by atoms with van der Waals surface area (Å²) in [6.07, 6.45) is 3.75. The zero-order valence-electron chi connectivity index (χ0n) is 12.7. The number of ether oxygens (including phenoxy) is 1. The van der Waals surface area contributed by atoms with E-state index in [1.54, 1.807) is 0 Å². The number of carbonyl (C=O) groups is 2. The van der Waals surface area contributed by atoms with Gasteiger partial charge in [-0.1, -0.05) is 6.42 Å². The van der Waals surface area contributed by atoms with Crippen LogP contribution in [0.15, 0.2) is 0 Å². The Kier molecular flexibility index (Phi) is 3.30. The van der Waals surface area contributed by atoms with E-state index >= 15 is 0 Å². The van der Waals surface area contributed by atoms with Crippen LogP contribution in [0, 0.1) is 23.7 Å². The lowest BCUT2D eigenvalue weighted by molar-refractivity contribution is -0.189. The Morgan fingerprint density at radius 3 is 2.73 bits per heavy atom. The quantitative estimate of drug-likeness (QED) is 0.466. The lowest BCUT2D eigenvalue weighted by atomic mass is 9.60. The fourth-order valence-corrected chi connectivity index (χ4v) is 5.16. The number of esters is 1. The standard InChI is InChI=1S/C15H24N4O3/c1-6-9-10(7-4-2-3-5-8(7)22-14(9)20)11-12(16)18-15(21)19-13(11)17-6/h6-13,17H,2-5,16H2,1H3,(H2,18,19,21). The number of hydrogen-bond donors (Lipinski definition) is 4. The highest BCUT2D eigenvalue weighted by Crippen LogP contribution is 2.48. The molecule has 5 N–H and O–H groups in total. The minimum absolute atomic E-state index is 0.0114. The highest BCUT2D eigenvalue weighted by Gasteiger charge is 2.58. The summed E-state index contributed by atoms with van der Waals surface area (Å²) in [5.41, 5.74) is 6.24. The molecule has 2 amide bonds. The van der Waals surface area contributed by atoms with Crippen LogP contribution in [0.3, 0.4) is 0 Å². The van der Waals surface area contributed by atoms with Crippen molar-refractivity contribution < 1.29 is 14.3 Å². The first-order valence-corrected chi connectivity index (χ1v) is 8.35. The summed E-state index contributed by atoms with van der Waals surface area (Å²) in [5, 5.41) is 9.05. The molecular weight excluding hydrogens is 284 g/mol. The third kappa shape index (κ3) is 2.02. The number of fused-ring (bicyclic) bond motifs is 5. The molecule has 4 rings (SSSR count). The molecule has 122 valence electrons. The SMILES string of the molecule is CC1NC2NC(=O)NC(N)C2C2C3CCCCC3OC(=O)C12. The van der Waals surface area contributed by atoms with Crippen LogP contribution in [-0.4, -0.2) is 36.5 Å². The smallest absolute Gasteiger partial charge is 0.317 e. The molecule has 3 aliphatic heterocycles. The van der Waals surface area contributed by atoms with Gasteiger partial charge in [0.15, 0.2) is 0 Å². The highest BCUT2D eigenvalue weighted by molar-refractivity contribution is 5.77. The maximum absolute atomic E-state index is 12.5. The zero-order valence-corrected chi connectivity index (χ0v) is 12.7. The largest absolute Gasteiger partial charge is 0.462 e. The lowest BCUT2D eigenvalue weighted by Crippen LogP contribution is -2.76. The van der Waals surface area contributed by atoms with Gasteiger partial charge in [0.2, 0.25) is 0 Å². The van der Waals surface area contributed by atoms with Gasteiger partial charge in [0.05, 0.1) is 18.2 Å². The van der Waals surface area contributed by atoms with Crippen molar-refractivity contribution in [3.63, 3.8) is 0 Å². The normalized spacial score (nSPS) is 50.6. The number of amides is 2. The molecule has 0 aromatic rings. The number of rotatable bonds is 0. The summed E-state index contributed by atoms with van der Waals surface area (Å²) < 4.78 is 5.74. The third-order valence-electron chi connectivity index (χ3n) is 6.01. The fraction of sp³-hybridized carbons (Fsp3) is 0.867. The van der Waals surface area contributed by atoms with E-state index in [2.05, 4.69) is 16.0 Å². The second-order valence-corrected chi connectivity index (χ2v) is 7.18. The van der Waals surface area contributed by atoms with Gasteiger partial charge in [-0.15, -0.1) is 0 Å². The Labute approximate surface area is 129 Å². The van der Waals surface area contributed by atoms with Crippen LogP contribution in [-0.2, 0) is 9.53 Å². The van der Waals surface area contributed by atoms with Crippen molar-refractivity contribution in [2.24, 2.45) is 29.4 Å². The number of carbonyl (C=O) groups excluding carboxylic acids is 2. The fourth-order valence-electron chi connectivity index (χ4n) is 5.16. The van der Waals surface area contributed by atoms with Crippen LogP contribution in [0.1, 0.15) is 32.6 Å². The highest BCUT2D eigenvalue weighted by atomic mass is 16.5. The molecule has 7 heteroatoms. The second-order valence-electron chi connectivity index (χ2n) is 7.18. The number of urea groups is 1. The molecule has 22 heavy (non-hydrogen) atoms.